The van der Waals surface area contributed by atoms with E-state index in [1.807, 2.05) is 13.8 Å². The Labute approximate surface area is 81.7 Å². The van der Waals surface area contributed by atoms with Crippen LogP contribution in [-0.4, -0.2) is 6.61 Å². The van der Waals surface area contributed by atoms with Gasteiger partial charge in [-0.15, -0.1) is 0 Å². The van der Waals surface area contributed by atoms with Crippen LogP contribution in [0.25, 0.3) is 0 Å². The SMILES string of the molecule is CC(C)c1cc(OC(F)F)ccc1[NH3+]. The molecular formula is C10H14F2NO+. The molecule has 0 aliphatic rings. The van der Waals surface area contributed by atoms with Gasteiger partial charge in [0.2, 0.25) is 0 Å². The van der Waals surface area contributed by atoms with Gasteiger partial charge in [0.15, 0.2) is 0 Å². The summed E-state index contributed by atoms with van der Waals surface area (Å²) in [7, 11) is 0. The van der Waals surface area contributed by atoms with Gasteiger partial charge in [-0.05, 0) is 18.1 Å². The second kappa shape index (κ2) is 4.37. The van der Waals surface area contributed by atoms with Crippen LogP contribution in [0.5, 0.6) is 5.75 Å². The first-order valence-corrected chi connectivity index (χ1v) is 4.41. The van der Waals surface area contributed by atoms with Crippen molar-refractivity contribution in [3.63, 3.8) is 0 Å². The first-order valence-electron chi connectivity index (χ1n) is 4.41. The zero-order chi connectivity index (χ0) is 10.7. The maximum absolute atomic E-state index is 11.9. The van der Waals surface area contributed by atoms with Crippen molar-refractivity contribution in [2.45, 2.75) is 26.4 Å². The number of hydrogen-bond donors (Lipinski definition) is 1. The average Bonchev–Trinajstić information content (AvgIpc) is 2.07. The molecule has 2 nitrogen and oxygen atoms in total. The summed E-state index contributed by atoms with van der Waals surface area (Å²) in [4.78, 5) is 0. The van der Waals surface area contributed by atoms with Crippen molar-refractivity contribution in [3.8, 4) is 5.75 Å². The van der Waals surface area contributed by atoms with Crippen molar-refractivity contribution in [3.05, 3.63) is 23.8 Å². The fraction of sp³-hybridized carbons (Fsp3) is 0.400. The Balaban J connectivity index is 2.94. The lowest BCUT2D eigenvalue weighted by molar-refractivity contribution is -0.256. The second-order valence-electron chi connectivity index (χ2n) is 3.39. The molecule has 3 N–H and O–H groups in total. The van der Waals surface area contributed by atoms with E-state index in [1.54, 1.807) is 12.1 Å². The summed E-state index contributed by atoms with van der Waals surface area (Å²) >= 11 is 0. The second-order valence-corrected chi connectivity index (χ2v) is 3.39. The van der Waals surface area contributed by atoms with Crippen LogP contribution in [0.3, 0.4) is 0 Å². The largest absolute Gasteiger partial charge is 0.435 e. The van der Waals surface area contributed by atoms with Crippen LogP contribution in [-0.2, 0) is 0 Å². The van der Waals surface area contributed by atoms with Crippen molar-refractivity contribution in [1.29, 1.82) is 0 Å². The minimum absolute atomic E-state index is 0.191. The van der Waals surface area contributed by atoms with Crippen molar-refractivity contribution >= 4 is 5.69 Å². The molecule has 1 aromatic rings. The number of halogens is 2. The third kappa shape index (κ3) is 2.67. The van der Waals surface area contributed by atoms with E-state index < -0.39 is 6.61 Å². The molecule has 0 spiro atoms. The number of ether oxygens (including phenoxy) is 1. The minimum atomic E-state index is -2.77. The predicted octanol–water partition coefficient (Wildman–Crippen LogP) is 2.28. The normalized spacial score (nSPS) is 11.1. The van der Waals surface area contributed by atoms with Crippen molar-refractivity contribution in [2.24, 2.45) is 0 Å². The molecule has 14 heavy (non-hydrogen) atoms. The molecule has 0 saturated heterocycles. The van der Waals surface area contributed by atoms with Crippen molar-refractivity contribution < 1.29 is 19.3 Å². The van der Waals surface area contributed by atoms with Gasteiger partial charge in [0.05, 0.1) is 0 Å². The Morgan fingerprint density at radius 1 is 1.29 bits per heavy atom. The Morgan fingerprint density at radius 3 is 2.43 bits per heavy atom. The fourth-order valence-electron chi connectivity index (χ4n) is 1.29. The highest BCUT2D eigenvalue weighted by atomic mass is 19.3. The van der Waals surface area contributed by atoms with E-state index in [0.29, 0.717) is 0 Å². The van der Waals surface area contributed by atoms with E-state index in [9.17, 15) is 8.78 Å². The maximum atomic E-state index is 11.9. The van der Waals surface area contributed by atoms with Crippen LogP contribution < -0.4 is 10.5 Å². The first-order chi connectivity index (χ1) is 6.50. The van der Waals surface area contributed by atoms with Gasteiger partial charge in [0, 0.05) is 11.6 Å². The molecule has 0 aliphatic carbocycles. The van der Waals surface area contributed by atoms with E-state index in [-0.39, 0.29) is 11.7 Å². The van der Waals surface area contributed by atoms with Crippen LogP contribution in [0.15, 0.2) is 18.2 Å². The highest BCUT2D eigenvalue weighted by Crippen LogP contribution is 2.26. The highest BCUT2D eigenvalue weighted by Gasteiger charge is 2.10. The standard InChI is InChI=1S/C10H13F2NO/c1-6(2)8-5-7(14-10(11)12)3-4-9(8)13/h3-6,10H,13H2,1-2H3/p+1. The molecule has 0 amide bonds. The number of alkyl halides is 2. The molecule has 0 aromatic heterocycles. The van der Waals surface area contributed by atoms with Gasteiger partial charge in [0.1, 0.15) is 11.4 Å². The van der Waals surface area contributed by atoms with E-state index >= 15 is 0 Å². The van der Waals surface area contributed by atoms with Gasteiger partial charge < -0.3 is 10.5 Å². The molecule has 0 heterocycles. The topological polar surface area (TPSA) is 36.9 Å². The van der Waals surface area contributed by atoms with Gasteiger partial charge in [-0.2, -0.15) is 8.78 Å². The lowest BCUT2D eigenvalue weighted by Crippen LogP contribution is -2.41. The lowest BCUT2D eigenvalue weighted by atomic mass is 10.0. The molecule has 78 valence electrons. The van der Waals surface area contributed by atoms with Crippen LogP contribution in [0, 0.1) is 0 Å². The molecular weight excluding hydrogens is 188 g/mol. The summed E-state index contributed by atoms with van der Waals surface area (Å²) in [5, 5.41) is 0. The molecule has 0 atom stereocenters. The van der Waals surface area contributed by atoms with Gasteiger partial charge >= 0.3 is 6.61 Å². The average molecular weight is 202 g/mol. The minimum Gasteiger partial charge on any atom is -0.435 e. The van der Waals surface area contributed by atoms with Crippen molar-refractivity contribution in [2.75, 3.05) is 0 Å². The Morgan fingerprint density at radius 2 is 1.93 bits per heavy atom. The zero-order valence-electron chi connectivity index (χ0n) is 8.26. The maximum Gasteiger partial charge on any atom is 0.387 e. The number of benzene rings is 1. The third-order valence-corrected chi connectivity index (χ3v) is 1.96. The monoisotopic (exact) mass is 202 g/mol. The number of rotatable bonds is 3. The quantitative estimate of drug-likeness (QED) is 0.802. The molecule has 0 bridgehead atoms. The van der Waals surface area contributed by atoms with E-state index in [0.717, 1.165) is 11.3 Å². The molecule has 1 aromatic carbocycles. The van der Waals surface area contributed by atoms with Gasteiger partial charge in [-0.1, -0.05) is 13.8 Å². The fourth-order valence-corrected chi connectivity index (χ4v) is 1.29. The van der Waals surface area contributed by atoms with E-state index in [2.05, 4.69) is 10.5 Å². The predicted molar refractivity (Wildman–Crippen MR) is 49.7 cm³/mol. The highest BCUT2D eigenvalue weighted by molar-refractivity contribution is 5.45. The summed E-state index contributed by atoms with van der Waals surface area (Å²) in [5.41, 5.74) is 5.60. The molecule has 0 aliphatic heterocycles. The first kappa shape index (κ1) is 10.9. The molecule has 4 heteroatoms. The Hall–Kier alpha value is -1.16. The van der Waals surface area contributed by atoms with Crippen LogP contribution >= 0.6 is 0 Å². The molecule has 1 rings (SSSR count). The van der Waals surface area contributed by atoms with Gasteiger partial charge in [-0.25, -0.2) is 0 Å². The van der Waals surface area contributed by atoms with E-state index in [1.165, 1.54) is 6.07 Å². The van der Waals surface area contributed by atoms with Crippen molar-refractivity contribution in [1.82, 2.24) is 0 Å². The van der Waals surface area contributed by atoms with Gasteiger partial charge in [-0.3, -0.25) is 0 Å². The van der Waals surface area contributed by atoms with Crippen LogP contribution in [0.1, 0.15) is 25.3 Å². The van der Waals surface area contributed by atoms with Gasteiger partial charge in [0.25, 0.3) is 0 Å². The molecule has 0 unspecified atom stereocenters. The van der Waals surface area contributed by atoms with Crippen LogP contribution in [0.2, 0.25) is 0 Å². The molecule has 0 saturated carbocycles. The number of quaternary nitrogens is 1. The summed E-state index contributed by atoms with van der Waals surface area (Å²) in [6.45, 7) is 1.19. The Kier molecular flexibility index (Phi) is 3.41. The zero-order valence-corrected chi connectivity index (χ0v) is 8.26. The smallest absolute Gasteiger partial charge is 0.387 e. The third-order valence-electron chi connectivity index (χ3n) is 1.96. The summed E-state index contributed by atoms with van der Waals surface area (Å²) < 4.78 is 28.1. The number of hydrogen-bond acceptors (Lipinski definition) is 1. The Bertz CT molecular complexity index is 313. The molecule has 0 radical (unpaired) electrons. The van der Waals surface area contributed by atoms with E-state index in [4.69, 9.17) is 0 Å². The summed E-state index contributed by atoms with van der Waals surface area (Å²) in [5.74, 6) is 0.444. The summed E-state index contributed by atoms with van der Waals surface area (Å²) in [6, 6.07) is 4.80. The lowest BCUT2D eigenvalue weighted by Gasteiger charge is -2.09. The van der Waals surface area contributed by atoms with Crippen LogP contribution in [0.4, 0.5) is 14.5 Å². The molecule has 0 fully saturated rings. The summed E-state index contributed by atoms with van der Waals surface area (Å²) in [6.07, 6.45) is 0.